The molecule has 1 fully saturated rings. The normalized spacial score (nSPS) is 14.5. The lowest BCUT2D eigenvalue weighted by atomic mass is 10.1. The number of aliphatic imine (C=N–C) groups is 1. The Balaban J connectivity index is 1.38. The number of nitrogens with zero attached hydrogens (tertiary/aromatic N) is 3. The monoisotopic (exact) mass is 351 g/mol. The summed E-state index contributed by atoms with van der Waals surface area (Å²) in [6.07, 6.45) is 6.67. The molecule has 1 aromatic heterocycles. The number of benzene rings is 1. The van der Waals surface area contributed by atoms with Crippen LogP contribution >= 0.6 is 0 Å². The fourth-order valence-electron chi connectivity index (χ4n) is 3.20. The zero-order valence-corrected chi connectivity index (χ0v) is 15.6. The first-order chi connectivity index (χ1) is 12.8. The predicted molar refractivity (Wildman–Crippen MR) is 109 cm³/mol. The molecule has 0 radical (unpaired) electrons. The molecule has 138 valence electrons. The Morgan fingerprint density at radius 1 is 1.04 bits per heavy atom. The van der Waals surface area contributed by atoms with Gasteiger partial charge in [-0.3, -0.25) is 4.99 Å². The van der Waals surface area contributed by atoms with Crippen molar-refractivity contribution in [3.63, 3.8) is 0 Å². The maximum Gasteiger partial charge on any atom is 0.191 e. The Kier molecular flexibility index (Phi) is 6.88. The summed E-state index contributed by atoms with van der Waals surface area (Å²) in [6, 6.07) is 14.9. The Morgan fingerprint density at radius 2 is 1.85 bits per heavy atom. The van der Waals surface area contributed by atoms with Crippen LogP contribution < -0.4 is 15.5 Å². The van der Waals surface area contributed by atoms with Gasteiger partial charge in [-0.2, -0.15) is 0 Å². The minimum atomic E-state index is 0.728. The van der Waals surface area contributed by atoms with E-state index in [1.165, 1.54) is 24.0 Å². The second-order valence-corrected chi connectivity index (χ2v) is 6.66. The van der Waals surface area contributed by atoms with E-state index in [4.69, 9.17) is 0 Å². The van der Waals surface area contributed by atoms with Gasteiger partial charge in [-0.05, 0) is 42.9 Å². The lowest BCUT2D eigenvalue weighted by molar-refractivity contribution is 0.741. The molecule has 1 aromatic carbocycles. The first-order valence-electron chi connectivity index (χ1n) is 9.53. The molecule has 3 rings (SSSR count). The molecule has 0 bridgehead atoms. The van der Waals surface area contributed by atoms with E-state index in [9.17, 15) is 0 Å². The summed E-state index contributed by atoms with van der Waals surface area (Å²) in [4.78, 5) is 11.2. The second kappa shape index (κ2) is 9.80. The van der Waals surface area contributed by atoms with Crippen LogP contribution in [0.5, 0.6) is 0 Å². The molecular weight excluding hydrogens is 322 g/mol. The largest absolute Gasteiger partial charge is 0.357 e. The molecule has 0 atom stereocenters. The molecular formula is C21H29N5. The van der Waals surface area contributed by atoms with Gasteiger partial charge in [0.05, 0.1) is 0 Å². The van der Waals surface area contributed by atoms with E-state index >= 15 is 0 Å². The first-order valence-corrected chi connectivity index (χ1v) is 9.53. The smallest absolute Gasteiger partial charge is 0.191 e. The summed E-state index contributed by atoms with van der Waals surface area (Å²) >= 11 is 0. The predicted octanol–water partition coefficient (Wildman–Crippen LogP) is 2.98. The number of guanidine groups is 1. The highest BCUT2D eigenvalue weighted by atomic mass is 15.2. The summed E-state index contributed by atoms with van der Waals surface area (Å²) in [5.74, 6) is 1.93. The number of rotatable bonds is 7. The summed E-state index contributed by atoms with van der Waals surface area (Å²) in [7, 11) is 1.81. The van der Waals surface area contributed by atoms with Crippen molar-refractivity contribution in [2.24, 2.45) is 4.99 Å². The van der Waals surface area contributed by atoms with E-state index in [1.807, 2.05) is 6.20 Å². The number of aryl methyl sites for hydroxylation is 1. The van der Waals surface area contributed by atoms with Crippen LogP contribution in [0.3, 0.4) is 0 Å². The van der Waals surface area contributed by atoms with Crippen LogP contribution in [0.1, 0.15) is 30.4 Å². The maximum absolute atomic E-state index is 4.60. The van der Waals surface area contributed by atoms with E-state index in [2.05, 4.69) is 68.0 Å². The van der Waals surface area contributed by atoms with Gasteiger partial charge in [-0.15, -0.1) is 0 Å². The van der Waals surface area contributed by atoms with Gasteiger partial charge in [0, 0.05) is 39.4 Å². The van der Waals surface area contributed by atoms with Crippen LogP contribution in [0.2, 0.25) is 0 Å². The SMILES string of the molecule is CN=C(NCCCc1ccccc1)NCc1ccc(N2CCCC2)nc1. The number of aromatic nitrogens is 1. The van der Waals surface area contributed by atoms with Crippen LogP contribution in [-0.4, -0.2) is 37.6 Å². The number of hydrogen-bond donors (Lipinski definition) is 2. The van der Waals surface area contributed by atoms with Crippen LogP contribution in [-0.2, 0) is 13.0 Å². The molecule has 0 saturated carbocycles. The van der Waals surface area contributed by atoms with Gasteiger partial charge >= 0.3 is 0 Å². The van der Waals surface area contributed by atoms with Crippen LogP contribution in [0, 0.1) is 0 Å². The Hall–Kier alpha value is -2.56. The van der Waals surface area contributed by atoms with E-state index in [0.717, 1.165) is 50.8 Å². The highest BCUT2D eigenvalue weighted by Crippen LogP contribution is 2.17. The summed E-state index contributed by atoms with van der Waals surface area (Å²) in [5.41, 5.74) is 2.54. The third-order valence-corrected chi connectivity index (χ3v) is 4.70. The number of pyridine rings is 1. The molecule has 1 aliphatic rings. The molecule has 2 heterocycles. The molecule has 26 heavy (non-hydrogen) atoms. The molecule has 0 spiro atoms. The van der Waals surface area contributed by atoms with Gasteiger partial charge in [0.25, 0.3) is 0 Å². The first kappa shape index (κ1) is 18.2. The highest BCUT2D eigenvalue weighted by Gasteiger charge is 2.12. The third kappa shape index (κ3) is 5.48. The lowest BCUT2D eigenvalue weighted by Crippen LogP contribution is -2.37. The molecule has 2 aromatic rings. The number of anilines is 1. The Morgan fingerprint density at radius 3 is 2.54 bits per heavy atom. The second-order valence-electron chi connectivity index (χ2n) is 6.66. The summed E-state index contributed by atoms with van der Waals surface area (Å²) in [5, 5.41) is 6.73. The standard InChI is InChI=1S/C21H29N5/c1-22-21(23-13-7-10-18-8-3-2-4-9-18)25-17-19-11-12-20(24-16-19)26-14-5-6-15-26/h2-4,8-9,11-12,16H,5-7,10,13-15,17H2,1H3,(H2,22,23,25). The minimum Gasteiger partial charge on any atom is -0.357 e. The molecule has 0 amide bonds. The average molecular weight is 351 g/mol. The molecule has 5 nitrogen and oxygen atoms in total. The molecule has 1 saturated heterocycles. The van der Waals surface area contributed by atoms with Gasteiger partial charge in [-0.25, -0.2) is 4.98 Å². The lowest BCUT2D eigenvalue weighted by Gasteiger charge is -2.16. The summed E-state index contributed by atoms with van der Waals surface area (Å²) in [6.45, 7) is 3.89. The van der Waals surface area contributed by atoms with Crippen molar-refractivity contribution < 1.29 is 0 Å². The van der Waals surface area contributed by atoms with Crippen LogP contribution in [0.25, 0.3) is 0 Å². The van der Waals surface area contributed by atoms with Crippen molar-refractivity contribution in [1.82, 2.24) is 15.6 Å². The Bertz CT molecular complexity index is 675. The highest BCUT2D eigenvalue weighted by molar-refractivity contribution is 5.79. The van der Waals surface area contributed by atoms with Crippen molar-refractivity contribution in [3.8, 4) is 0 Å². The topological polar surface area (TPSA) is 52.6 Å². The molecule has 0 aliphatic carbocycles. The Labute approximate surface area is 156 Å². The van der Waals surface area contributed by atoms with E-state index in [-0.39, 0.29) is 0 Å². The third-order valence-electron chi connectivity index (χ3n) is 4.70. The van der Waals surface area contributed by atoms with Gasteiger partial charge < -0.3 is 15.5 Å². The molecule has 1 aliphatic heterocycles. The van der Waals surface area contributed by atoms with Crippen molar-refractivity contribution >= 4 is 11.8 Å². The van der Waals surface area contributed by atoms with E-state index in [1.54, 1.807) is 7.05 Å². The van der Waals surface area contributed by atoms with Gasteiger partial charge in [0.2, 0.25) is 0 Å². The minimum absolute atomic E-state index is 0.728. The van der Waals surface area contributed by atoms with Crippen LogP contribution in [0.4, 0.5) is 5.82 Å². The van der Waals surface area contributed by atoms with Crippen molar-refractivity contribution in [2.45, 2.75) is 32.2 Å². The molecule has 5 heteroatoms. The van der Waals surface area contributed by atoms with Gasteiger partial charge in [0.15, 0.2) is 5.96 Å². The van der Waals surface area contributed by atoms with Crippen molar-refractivity contribution in [1.29, 1.82) is 0 Å². The summed E-state index contributed by atoms with van der Waals surface area (Å²) < 4.78 is 0. The van der Waals surface area contributed by atoms with Gasteiger partial charge in [-0.1, -0.05) is 36.4 Å². The molecule has 0 unspecified atom stereocenters. The maximum atomic E-state index is 4.60. The van der Waals surface area contributed by atoms with Crippen molar-refractivity contribution in [2.75, 3.05) is 31.6 Å². The zero-order valence-electron chi connectivity index (χ0n) is 15.6. The zero-order chi connectivity index (χ0) is 18.0. The van der Waals surface area contributed by atoms with Crippen LogP contribution in [0.15, 0.2) is 53.7 Å². The fraction of sp³-hybridized carbons (Fsp3) is 0.429. The average Bonchev–Trinajstić information content (AvgIpc) is 3.23. The van der Waals surface area contributed by atoms with E-state index < -0.39 is 0 Å². The number of nitrogens with one attached hydrogen (secondary N) is 2. The quantitative estimate of drug-likeness (QED) is 0.457. The van der Waals surface area contributed by atoms with Gasteiger partial charge in [0.1, 0.15) is 5.82 Å². The van der Waals surface area contributed by atoms with Crippen molar-refractivity contribution in [3.05, 3.63) is 59.8 Å². The molecule has 2 N–H and O–H groups in total. The number of hydrogen-bond acceptors (Lipinski definition) is 3. The van der Waals surface area contributed by atoms with E-state index in [0.29, 0.717) is 0 Å². The fourth-order valence-corrected chi connectivity index (χ4v) is 3.20.